The molecule has 25 heavy (non-hydrogen) atoms. The number of amides is 1. The quantitative estimate of drug-likeness (QED) is 0.725. The van der Waals surface area contributed by atoms with Crippen LogP contribution in [0.2, 0.25) is 0 Å². The number of anilines is 1. The minimum absolute atomic E-state index is 0.0267. The summed E-state index contributed by atoms with van der Waals surface area (Å²) < 4.78 is 9.90. The van der Waals surface area contributed by atoms with Crippen molar-refractivity contribution < 1.29 is 14.3 Å². The maximum Gasteiger partial charge on any atom is 0.337 e. The number of fused-ring (bicyclic) bond motifs is 1. The highest BCUT2D eigenvalue weighted by Gasteiger charge is 2.43. The fraction of sp³-hybridized carbons (Fsp3) is 0.211. The number of methoxy groups -OCH3 is 1. The molecule has 0 spiro atoms. The molecule has 1 aliphatic carbocycles. The second-order valence-corrected chi connectivity index (χ2v) is 6.96. The molecule has 2 atom stereocenters. The molecule has 1 aliphatic rings. The number of carbonyl (C=O) groups excluding carboxylic acids is 2. The summed E-state index contributed by atoms with van der Waals surface area (Å²) in [6.45, 7) is 0. The number of esters is 1. The van der Waals surface area contributed by atoms with Gasteiger partial charge in [-0.1, -0.05) is 12.1 Å². The van der Waals surface area contributed by atoms with Crippen LogP contribution in [0, 0.1) is 5.92 Å². The predicted octanol–water partition coefficient (Wildman–Crippen LogP) is 3.83. The summed E-state index contributed by atoms with van der Waals surface area (Å²) in [5, 5.41) is 4.07. The van der Waals surface area contributed by atoms with Crippen molar-refractivity contribution >= 4 is 39.2 Å². The molecule has 1 aromatic heterocycles. The van der Waals surface area contributed by atoms with E-state index < -0.39 is 0 Å². The number of hydrogen-bond donors (Lipinski definition) is 1. The van der Waals surface area contributed by atoms with E-state index in [2.05, 4.69) is 9.69 Å². The van der Waals surface area contributed by atoms with E-state index in [1.165, 1.54) is 18.6 Å². The topological polar surface area (TPSA) is 68.3 Å². The molecule has 4 rings (SSSR count). The van der Waals surface area contributed by atoms with Gasteiger partial charge >= 0.3 is 5.97 Å². The van der Waals surface area contributed by atoms with Crippen LogP contribution in [-0.2, 0) is 9.53 Å². The Balaban J connectivity index is 1.41. The maximum absolute atomic E-state index is 12.5. The second-order valence-electron chi connectivity index (χ2n) is 6.13. The van der Waals surface area contributed by atoms with Gasteiger partial charge in [0.15, 0.2) is 0 Å². The van der Waals surface area contributed by atoms with Crippen LogP contribution in [0.25, 0.3) is 10.1 Å². The SMILES string of the molecule is COC(=O)c1ccc([C@@H]2C[C@H]2C(=O)Nc2ccc3cnsc3c2)cc1. The Kier molecular flexibility index (Phi) is 3.97. The van der Waals surface area contributed by atoms with Crippen LogP contribution in [0.4, 0.5) is 5.69 Å². The van der Waals surface area contributed by atoms with E-state index in [0.29, 0.717) is 5.56 Å². The fourth-order valence-electron chi connectivity index (χ4n) is 3.01. The molecule has 0 radical (unpaired) electrons. The summed E-state index contributed by atoms with van der Waals surface area (Å²) in [7, 11) is 1.36. The van der Waals surface area contributed by atoms with Gasteiger partial charge in [-0.15, -0.1) is 0 Å². The molecule has 0 aliphatic heterocycles. The average Bonchev–Trinajstić information content (AvgIpc) is 3.31. The third-order valence-corrected chi connectivity index (χ3v) is 5.27. The molecule has 1 saturated carbocycles. The van der Waals surface area contributed by atoms with E-state index in [9.17, 15) is 9.59 Å². The lowest BCUT2D eigenvalue weighted by atomic mass is 10.1. The lowest BCUT2D eigenvalue weighted by molar-refractivity contribution is -0.117. The Bertz CT molecular complexity index is 949. The van der Waals surface area contributed by atoms with Gasteiger partial charge in [0, 0.05) is 23.2 Å². The molecule has 126 valence electrons. The molecule has 2 aromatic carbocycles. The monoisotopic (exact) mass is 352 g/mol. The minimum atomic E-state index is -0.352. The van der Waals surface area contributed by atoms with Crippen molar-refractivity contribution in [1.29, 1.82) is 0 Å². The largest absolute Gasteiger partial charge is 0.465 e. The van der Waals surface area contributed by atoms with E-state index in [-0.39, 0.29) is 23.7 Å². The standard InChI is InChI=1S/C19H16N2O3S/c1-24-19(23)12-4-2-11(3-5-12)15-9-16(15)18(22)21-14-7-6-13-10-20-25-17(13)8-14/h2-8,10,15-16H,9H2,1H3,(H,21,22)/t15-,16+/m0/s1. The van der Waals surface area contributed by atoms with Crippen molar-refractivity contribution in [1.82, 2.24) is 4.37 Å². The van der Waals surface area contributed by atoms with Gasteiger partial charge in [0.1, 0.15) is 0 Å². The molecule has 0 bridgehead atoms. The van der Waals surface area contributed by atoms with Gasteiger partial charge < -0.3 is 10.1 Å². The summed E-state index contributed by atoms with van der Waals surface area (Å²) in [6, 6.07) is 13.1. The number of benzene rings is 2. The Morgan fingerprint density at radius 2 is 2.00 bits per heavy atom. The lowest BCUT2D eigenvalue weighted by Crippen LogP contribution is -2.14. The van der Waals surface area contributed by atoms with Crippen molar-refractivity contribution in [3.05, 3.63) is 59.8 Å². The molecule has 6 heteroatoms. The average molecular weight is 352 g/mol. The molecular formula is C19H16N2O3S. The number of carbonyl (C=O) groups is 2. The summed E-state index contributed by atoms with van der Waals surface area (Å²) >= 11 is 1.42. The van der Waals surface area contributed by atoms with Crippen molar-refractivity contribution in [2.24, 2.45) is 5.92 Å². The zero-order valence-corrected chi connectivity index (χ0v) is 14.4. The molecule has 3 aromatic rings. The number of nitrogens with one attached hydrogen (secondary N) is 1. The van der Waals surface area contributed by atoms with Crippen LogP contribution in [0.1, 0.15) is 28.3 Å². The van der Waals surface area contributed by atoms with Gasteiger partial charge in [0.05, 0.1) is 17.4 Å². The number of rotatable bonds is 4. The van der Waals surface area contributed by atoms with E-state index >= 15 is 0 Å². The first kappa shape index (κ1) is 15.8. The highest BCUT2D eigenvalue weighted by Crippen LogP contribution is 2.48. The van der Waals surface area contributed by atoms with Crippen molar-refractivity contribution in [3.8, 4) is 0 Å². The van der Waals surface area contributed by atoms with E-state index in [4.69, 9.17) is 4.74 Å². The third kappa shape index (κ3) is 3.13. The molecule has 1 fully saturated rings. The minimum Gasteiger partial charge on any atom is -0.465 e. The van der Waals surface area contributed by atoms with Gasteiger partial charge in [-0.2, -0.15) is 4.37 Å². The van der Waals surface area contributed by atoms with Crippen LogP contribution in [0.3, 0.4) is 0 Å². The second kappa shape index (κ2) is 6.29. The molecule has 5 nitrogen and oxygen atoms in total. The van der Waals surface area contributed by atoms with Crippen LogP contribution in [-0.4, -0.2) is 23.4 Å². The summed E-state index contributed by atoms with van der Waals surface area (Å²) in [5.74, 6) is -0.138. The lowest BCUT2D eigenvalue weighted by Gasteiger charge is -2.06. The summed E-state index contributed by atoms with van der Waals surface area (Å²) in [6.07, 6.45) is 2.65. The number of aromatic nitrogens is 1. The number of ether oxygens (including phenoxy) is 1. The smallest absolute Gasteiger partial charge is 0.337 e. The van der Waals surface area contributed by atoms with E-state index in [0.717, 1.165) is 27.8 Å². The molecule has 1 N–H and O–H groups in total. The highest BCUT2D eigenvalue weighted by atomic mass is 32.1. The van der Waals surface area contributed by atoms with Crippen molar-refractivity contribution in [2.75, 3.05) is 12.4 Å². The molecular weight excluding hydrogens is 336 g/mol. The van der Waals surface area contributed by atoms with Crippen molar-refractivity contribution in [2.45, 2.75) is 12.3 Å². The Labute approximate surface area is 148 Å². The number of nitrogens with zero attached hydrogens (tertiary/aromatic N) is 1. The van der Waals surface area contributed by atoms with Gasteiger partial charge in [-0.3, -0.25) is 4.79 Å². The fourth-order valence-corrected chi connectivity index (χ4v) is 3.70. The van der Waals surface area contributed by atoms with Gasteiger partial charge in [-0.25, -0.2) is 4.79 Å². The zero-order chi connectivity index (χ0) is 17.4. The van der Waals surface area contributed by atoms with Gasteiger partial charge in [-0.05, 0) is 59.8 Å². The highest BCUT2D eigenvalue weighted by molar-refractivity contribution is 7.13. The first-order chi connectivity index (χ1) is 12.2. The van der Waals surface area contributed by atoms with Gasteiger partial charge in [0.2, 0.25) is 5.91 Å². The van der Waals surface area contributed by atoms with Crippen LogP contribution < -0.4 is 5.32 Å². The van der Waals surface area contributed by atoms with Crippen LogP contribution in [0.5, 0.6) is 0 Å². The molecule has 0 unspecified atom stereocenters. The summed E-state index contributed by atoms with van der Waals surface area (Å²) in [4.78, 5) is 23.9. The number of hydrogen-bond acceptors (Lipinski definition) is 5. The maximum atomic E-state index is 12.5. The van der Waals surface area contributed by atoms with Crippen LogP contribution >= 0.6 is 11.5 Å². The summed E-state index contributed by atoms with van der Waals surface area (Å²) in [5.41, 5.74) is 2.39. The Hall–Kier alpha value is -2.73. The van der Waals surface area contributed by atoms with E-state index in [1.54, 1.807) is 12.1 Å². The first-order valence-electron chi connectivity index (χ1n) is 7.99. The molecule has 1 amide bonds. The van der Waals surface area contributed by atoms with Crippen molar-refractivity contribution in [3.63, 3.8) is 0 Å². The molecule has 0 saturated heterocycles. The predicted molar refractivity (Wildman–Crippen MR) is 96.9 cm³/mol. The van der Waals surface area contributed by atoms with E-state index in [1.807, 2.05) is 36.5 Å². The third-order valence-electron chi connectivity index (χ3n) is 4.51. The van der Waals surface area contributed by atoms with Gasteiger partial charge in [0.25, 0.3) is 0 Å². The first-order valence-corrected chi connectivity index (χ1v) is 8.76. The Morgan fingerprint density at radius 3 is 2.76 bits per heavy atom. The normalized spacial score (nSPS) is 18.8. The zero-order valence-electron chi connectivity index (χ0n) is 13.6. The van der Waals surface area contributed by atoms with Crippen LogP contribution in [0.15, 0.2) is 48.7 Å². The Morgan fingerprint density at radius 1 is 1.20 bits per heavy atom. The molecule has 1 heterocycles.